The second kappa shape index (κ2) is 6.17. The van der Waals surface area contributed by atoms with E-state index in [2.05, 4.69) is 51.8 Å². The van der Waals surface area contributed by atoms with Crippen LogP contribution in [-0.2, 0) is 4.74 Å². The van der Waals surface area contributed by atoms with Crippen molar-refractivity contribution in [1.29, 1.82) is 0 Å². The number of hydrogen-bond acceptors (Lipinski definition) is 3. The van der Waals surface area contributed by atoms with E-state index in [1.54, 1.807) is 0 Å². The van der Waals surface area contributed by atoms with Crippen LogP contribution in [0.15, 0.2) is 0 Å². The molecule has 3 heteroatoms. The third-order valence-corrected chi connectivity index (χ3v) is 3.79. The van der Waals surface area contributed by atoms with Crippen LogP contribution in [0.4, 0.5) is 0 Å². The predicted molar refractivity (Wildman–Crippen MR) is 73.4 cm³/mol. The van der Waals surface area contributed by atoms with Gasteiger partial charge in [-0.2, -0.15) is 0 Å². The third-order valence-electron chi connectivity index (χ3n) is 3.79. The molecule has 17 heavy (non-hydrogen) atoms. The highest BCUT2D eigenvalue weighted by Crippen LogP contribution is 2.24. The summed E-state index contributed by atoms with van der Waals surface area (Å²) in [5, 5.41) is 3.67. The highest BCUT2D eigenvalue weighted by molar-refractivity contribution is 4.92. The zero-order chi connectivity index (χ0) is 13.1. The van der Waals surface area contributed by atoms with Gasteiger partial charge in [0.25, 0.3) is 0 Å². The summed E-state index contributed by atoms with van der Waals surface area (Å²) in [6, 6.07) is 1.68. The zero-order valence-corrected chi connectivity index (χ0v) is 12.4. The minimum atomic E-state index is 0.323. The Morgan fingerprint density at radius 1 is 1.41 bits per heavy atom. The van der Waals surface area contributed by atoms with Gasteiger partial charge in [0.1, 0.15) is 0 Å². The van der Waals surface area contributed by atoms with Gasteiger partial charge < -0.3 is 10.1 Å². The highest BCUT2D eigenvalue weighted by atomic mass is 16.5. The summed E-state index contributed by atoms with van der Waals surface area (Å²) >= 11 is 0. The molecule has 0 amide bonds. The summed E-state index contributed by atoms with van der Waals surface area (Å²) in [4.78, 5) is 2.59. The number of ether oxygens (including phenoxy) is 1. The molecule has 1 heterocycles. The number of nitrogens with one attached hydrogen (secondary N) is 1. The molecule has 0 aromatic heterocycles. The van der Waals surface area contributed by atoms with Gasteiger partial charge in [-0.05, 0) is 26.2 Å². The van der Waals surface area contributed by atoms with Crippen LogP contribution in [0.1, 0.15) is 41.5 Å². The van der Waals surface area contributed by atoms with Crippen molar-refractivity contribution in [2.24, 2.45) is 5.41 Å². The van der Waals surface area contributed by atoms with E-state index in [1.807, 2.05) is 0 Å². The molecule has 1 aliphatic heterocycles. The fraction of sp³-hybridized carbons (Fsp3) is 1.00. The molecule has 0 aromatic carbocycles. The SMILES string of the molecule is CCOCC(C)N1CC(C(C)(C)C)NCC1C. The standard InChI is InChI=1S/C14H30N2O/c1-7-17-10-12(3)16-9-13(14(4,5)6)15-8-11(16)2/h11-13,15H,7-10H2,1-6H3. The van der Waals surface area contributed by atoms with Crippen molar-refractivity contribution in [3.8, 4) is 0 Å². The van der Waals surface area contributed by atoms with Gasteiger partial charge >= 0.3 is 0 Å². The molecule has 3 atom stereocenters. The van der Waals surface area contributed by atoms with Gasteiger partial charge in [-0.15, -0.1) is 0 Å². The average molecular weight is 242 g/mol. The molecule has 0 saturated carbocycles. The first kappa shape index (κ1) is 14.9. The Labute approximate surface area is 107 Å². The fourth-order valence-electron chi connectivity index (χ4n) is 2.46. The Kier molecular flexibility index (Phi) is 5.42. The Balaban J connectivity index is 2.57. The lowest BCUT2D eigenvalue weighted by molar-refractivity contribution is 0.0176. The normalized spacial score (nSPS) is 29.3. The topological polar surface area (TPSA) is 24.5 Å². The third kappa shape index (κ3) is 4.23. The van der Waals surface area contributed by atoms with Crippen molar-refractivity contribution in [2.75, 3.05) is 26.3 Å². The van der Waals surface area contributed by atoms with Crippen LogP contribution < -0.4 is 5.32 Å². The van der Waals surface area contributed by atoms with E-state index in [1.165, 1.54) is 0 Å². The van der Waals surface area contributed by atoms with Crippen molar-refractivity contribution in [3.63, 3.8) is 0 Å². The van der Waals surface area contributed by atoms with Gasteiger partial charge in [0.15, 0.2) is 0 Å². The van der Waals surface area contributed by atoms with Crippen molar-refractivity contribution < 1.29 is 4.74 Å². The maximum atomic E-state index is 5.56. The monoisotopic (exact) mass is 242 g/mol. The molecule has 3 unspecified atom stereocenters. The van der Waals surface area contributed by atoms with Crippen molar-refractivity contribution >= 4 is 0 Å². The van der Waals surface area contributed by atoms with Gasteiger partial charge in [-0.25, -0.2) is 0 Å². The van der Waals surface area contributed by atoms with E-state index in [-0.39, 0.29) is 0 Å². The summed E-state index contributed by atoms with van der Waals surface area (Å²) in [5.41, 5.74) is 0.323. The maximum Gasteiger partial charge on any atom is 0.0619 e. The van der Waals surface area contributed by atoms with Gasteiger partial charge in [-0.1, -0.05) is 20.8 Å². The van der Waals surface area contributed by atoms with Crippen molar-refractivity contribution in [3.05, 3.63) is 0 Å². The van der Waals surface area contributed by atoms with Crippen LogP contribution in [-0.4, -0.2) is 49.3 Å². The summed E-state index contributed by atoms with van der Waals surface area (Å²) in [6.45, 7) is 17.4. The largest absolute Gasteiger partial charge is 0.380 e. The fourth-order valence-corrected chi connectivity index (χ4v) is 2.46. The molecule has 1 saturated heterocycles. The summed E-state index contributed by atoms with van der Waals surface area (Å²) in [7, 11) is 0. The molecule has 1 aliphatic rings. The first-order chi connectivity index (χ1) is 7.86. The quantitative estimate of drug-likeness (QED) is 0.817. The Morgan fingerprint density at radius 3 is 2.59 bits per heavy atom. The lowest BCUT2D eigenvalue weighted by Gasteiger charge is -2.46. The second-order valence-corrected chi connectivity index (χ2v) is 6.38. The van der Waals surface area contributed by atoms with E-state index in [0.29, 0.717) is 23.5 Å². The number of nitrogens with zero attached hydrogens (tertiary/aromatic N) is 1. The number of piperazine rings is 1. The zero-order valence-electron chi connectivity index (χ0n) is 12.4. The molecule has 0 radical (unpaired) electrons. The Bertz CT molecular complexity index is 225. The summed E-state index contributed by atoms with van der Waals surface area (Å²) < 4.78 is 5.56. The molecule has 0 aromatic rings. The molecule has 0 bridgehead atoms. The Morgan fingerprint density at radius 2 is 2.06 bits per heavy atom. The predicted octanol–water partition coefficient (Wildman–Crippen LogP) is 2.12. The minimum Gasteiger partial charge on any atom is -0.380 e. The first-order valence-corrected chi connectivity index (χ1v) is 6.93. The number of hydrogen-bond donors (Lipinski definition) is 1. The van der Waals surface area contributed by atoms with Crippen LogP contribution >= 0.6 is 0 Å². The lowest BCUT2D eigenvalue weighted by Crippen LogP contribution is -2.62. The second-order valence-electron chi connectivity index (χ2n) is 6.38. The lowest BCUT2D eigenvalue weighted by atomic mass is 9.84. The molecule has 1 fully saturated rings. The van der Waals surface area contributed by atoms with E-state index >= 15 is 0 Å². The number of rotatable bonds is 4. The molecule has 3 nitrogen and oxygen atoms in total. The molecule has 0 aliphatic carbocycles. The van der Waals surface area contributed by atoms with Gasteiger partial charge in [0.2, 0.25) is 0 Å². The summed E-state index contributed by atoms with van der Waals surface area (Å²) in [6.07, 6.45) is 0. The first-order valence-electron chi connectivity index (χ1n) is 6.93. The van der Waals surface area contributed by atoms with Crippen molar-refractivity contribution in [2.45, 2.75) is 59.7 Å². The minimum absolute atomic E-state index is 0.323. The maximum absolute atomic E-state index is 5.56. The van der Waals surface area contributed by atoms with Gasteiger partial charge in [0.05, 0.1) is 6.61 Å². The van der Waals surface area contributed by atoms with Gasteiger partial charge in [0, 0.05) is 37.8 Å². The van der Waals surface area contributed by atoms with Crippen LogP contribution in [0, 0.1) is 5.41 Å². The summed E-state index contributed by atoms with van der Waals surface area (Å²) in [5.74, 6) is 0. The smallest absolute Gasteiger partial charge is 0.0619 e. The van der Waals surface area contributed by atoms with E-state index < -0.39 is 0 Å². The molecular weight excluding hydrogens is 212 g/mol. The van der Waals surface area contributed by atoms with Crippen LogP contribution in [0.2, 0.25) is 0 Å². The van der Waals surface area contributed by atoms with E-state index in [4.69, 9.17) is 4.74 Å². The average Bonchev–Trinajstić information content (AvgIpc) is 2.24. The highest BCUT2D eigenvalue weighted by Gasteiger charge is 2.34. The molecule has 0 spiro atoms. The Hall–Kier alpha value is -0.120. The van der Waals surface area contributed by atoms with Crippen LogP contribution in [0.25, 0.3) is 0 Å². The molecule has 102 valence electrons. The van der Waals surface area contributed by atoms with Gasteiger partial charge in [-0.3, -0.25) is 4.90 Å². The van der Waals surface area contributed by atoms with Crippen molar-refractivity contribution in [1.82, 2.24) is 10.2 Å². The van der Waals surface area contributed by atoms with Crippen LogP contribution in [0.3, 0.4) is 0 Å². The molecular formula is C14H30N2O. The van der Waals surface area contributed by atoms with E-state index in [9.17, 15) is 0 Å². The molecule has 1 rings (SSSR count). The molecule has 1 N–H and O–H groups in total. The van der Waals surface area contributed by atoms with E-state index in [0.717, 1.165) is 26.3 Å². The van der Waals surface area contributed by atoms with Crippen LogP contribution in [0.5, 0.6) is 0 Å².